The third-order valence-electron chi connectivity index (χ3n) is 4.85. The van der Waals surface area contributed by atoms with Gasteiger partial charge in [0.2, 0.25) is 0 Å². The molecule has 7 nitrogen and oxygen atoms in total. The quantitative estimate of drug-likeness (QED) is 0.576. The van der Waals surface area contributed by atoms with E-state index in [1.807, 2.05) is 4.90 Å². The number of thiazole rings is 1. The Morgan fingerprint density at radius 2 is 1.97 bits per heavy atom. The van der Waals surface area contributed by atoms with E-state index in [0.29, 0.717) is 46.9 Å². The largest absolute Gasteiger partial charge is 0.496 e. The molecule has 1 aromatic carbocycles. The van der Waals surface area contributed by atoms with E-state index in [1.165, 1.54) is 25.6 Å². The molecule has 3 rings (SSSR count). The topological polar surface area (TPSA) is 78.0 Å². The zero-order valence-electron chi connectivity index (χ0n) is 16.6. The molecule has 1 fully saturated rings. The molecule has 0 radical (unpaired) electrons. The van der Waals surface area contributed by atoms with E-state index in [0.717, 1.165) is 17.8 Å². The zero-order valence-corrected chi connectivity index (χ0v) is 19.0. The van der Waals surface area contributed by atoms with Crippen LogP contribution in [-0.2, 0) is 4.74 Å². The molecule has 9 heteroatoms. The van der Waals surface area contributed by atoms with Crippen LogP contribution in [0.15, 0.2) is 22.0 Å². The second-order valence-corrected chi connectivity index (χ2v) is 8.26. The van der Waals surface area contributed by atoms with E-state index in [-0.39, 0.29) is 11.8 Å². The SMILES string of the molecule is CCOC(=O)c1csc(C2CCN(C(=O)c3c(OC)ccc(Br)c3OC)CC2)n1. The molecule has 156 valence electrons. The first kappa shape index (κ1) is 21.6. The Kier molecular flexibility index (Phi) is 7.13. The Morgan fingerprint density at radius 3 is 2.59 bits per heavy atom. The van der Waals surface area contributed by atoms with Gasteiger partial charge in [-0.1, -0.05) is 0 Å². The molecule has 1 saturated heterocycles. The Labute approximate surface area is 182 Å². The molecule has 0 unspecified atom stereocenters. The van der Waals surface area contributed by atoms with Crippen molar-refractivity contribution >= 4 is 39.1 Å². The van der Waals surface area contributed by atoms with Crippen LogP contribution in [0.1, 0.15) is 51.5 Å². The zero-order chi connectivity index (χ0) is 21.0. The second kappa shape index (κ2) is 9.58. The molecule has 2 heterocycles. The monoisotopic (exact) mass is 482 g/mol. The molecule has 1 aliphatic heterocycles. The fraction of sp³-hybridized carbons (Fsp3) is 0.450. The van der Waals surface area contributed by atoms with Gasteiger partial charge in [0, 0.05) is 24.4 Å². The summed E-state index contributed by atoms with van der Waals surface area (Å²) in [6.45, 7) is 3.29. The first-order valence-corrected chi connectivity index (χ1v) is 11.0. The van der Waals surface area contributed by atoms with Crippen molar-refractivity contribution in [1.82, 2.24) is 9.88 Å². The van der Waals surface area contributed by atoms with Crippen LogP contribution in [0, 0.1) is 0 Å². The van der Waals surface area contributed by atoms with Crippen molar-refractivity contribution in [2.75, 3.05) is 33.9 Å². The number of aromatic nitrogens is 1. The molecular formula is C20H23BrN2O5S. The smallest absolute Gasteiger partial charge is 0.357 e. The number of rotatable bonds is 6. The van der Waals surface area contributed by atoms with Crippen molar-refractivity contribution in [3.63, 3.8) is 0 Å². The third kappa shape index (κ3) is 4.56. The van der Waals surface area contributed by atoms with Crippen LogP contribution in [0.4, 0.5) is 0 Å². The highest BCUT2D eigenvalue weighted by Crippen LogP contribution is 2.38. The lowest BCUT2D eigenvalue weighted by molar-refractivity contribution is 0.0520. The number of carbonyl (C=O) groups excluding carboxylic acids is 2. The van der Waals surface area contributed by atoms with Crippen molar-refractivity contribution in [3.05, 3.63) is 38.3 Å². The van der Waals surface area contributed by atoms with Gasteiger partial charge in [0.25, 0.3) is 5.91 Å². The molecule has 0 spiro atoms. The lowest BCUT2D eigenvalue weighted by Crippen LogP contribution is -2.38. The number of piperidine rings is 1. The Hall–Kier alpha value is -2.13. The second-order valence-electron chi connectivity index (χ2n) is 6.52. The highest BCUT2D eigenvalue weighted by molar-refractivity contribution is 9.10. The van der Waals surface area contributed by atoms with E-state index >= 15 is 0 Å². The number of likely N-dealkylation sites (tertiary alicyclic amines) is 1. The van der Waals surface area contributed by atoms with Gasteiger partial charge in [-0.2, -0.15) is 0 Å². The fourth-order valence-corrected chi connectivity index (χ4v) is 4.83. The van der Waals surface area contributed by atoms with E-state index < -0.39 is 5.97 Å². The molecule has 1 amide bonds. The minimum absolute atomic E-state index is 0.121. The molecule has 2 aromatic rings. The van der Waals surface area contributed by atoms with Crippen LogP contribution in [0.25, 0.3) is 0 Å². The number of halogens is 1. The maximum absolute atomic E-state index is 13.2. The Bertz CT molecular complexity index is 893. The summed E-state index contributed by atoms with van der Waals surface area (Å²) < 4.78 is 16.5. The molecule has 1 aliphatic rings. The summed E-state index contributed by atoms with van der Waals surface area (Å²) in [5, 5.41) is 2.65. The average Bonchev–Trinajstić information content (AvgIpc) is 3.23. The summed E-state index contributed by atoms with van der Waals surface area (Å²) in [7, 11) is 3.07. The summed E-state index contributed by atoms with van der Waals surface area (Å²) in [5.41, 5.74) is 0.774. The van der Waals surface area contributed by atoms with Gasteiger partial charge in [-0.05, 0) is 47.8 Å². The molecular weight excluding hydrogens is 460 g/mol. The van der Waals surface area contributed by atoms with Crippen LogP contribution in [0.2, 0.25) is 0 Å². The third-order valence-corrected chi connectivity index (χ3v) is 6.48. The van der Waals surface area contributed by atoms with Gasteiger partial charge in [0.05, 0.1) is 30.3 Å². The van der Waals surface area contributed by atoms with E-state index in [1.54, 1.807) is 24.4 Å². The van der Waals surface area contributed by atoms with Crippen LogP contribution in [0.5, 0.6) is 11.5 Å². The molecule has 29 heavy (non-hydrogen) atoms. The summed E-state index contributed by atoms with van der Waals surface area (Å²) in [6, 6.07) is 3.54. The van der Waals surface area contributed by atoms with Crippen molar-refractivity contribution in [2.45, 2.75) is 25.7 Å². The number of hydrogen-bond donors (Lipinski definition) is 0. The van der Waals surface area contributed by atoms with Crippen LogP contribution >= 0.6 is 27.3 Å². The number of amides is 1. The van der Waals surface area contributed by atoms with Gasteiger partial charge >= 0.3 is 5.97 Å². The lowest BCUT2D eigenvalue weighted by atomic mass is 9.96. The van der Waals surface area contributed by atoms with E-state index in [9.17, 15) is 9.59 Å². The molecule has 0 aliphatic carbocycles. The van der Waals surface area contributed by atoms with E-state index in [4.69, 9.17) is 14.2 Å². The van der Waals surface area contributed by atoms with Crippen LogP contribution < -0.4 is 9.47 Å². The molecule has 0 saturated carbocycles. The number of methoxy groups -OCH3 is 2. The number of benzene rings is 1. The van der Waals surface area contributed by atoms with E-state index in [2.05, 4.69) is 20.9 Å². The van der Waals surface area contributed by atoms with Crippen molar-refractivity contribution in [3.8, 4) is 11.5 Å². The first-order chi connectivity index (χ1) is 14.0. The standard InChI is InChI=1S/C20H23BrN2O5S/c1-4-28-20(25)14-11-29-18(22-14)12-7-9-23(10-8-12)19(24)16-15(26-2)6-5-13(21)17(16)27-3/h5-6,11-12H,4,7-10H2,1-3H3. The molecule has 1 aromatic heterocycles. The summed E-state index contributed by atoms with van der Waals surface area (Å²) >= 11 is 4.90. The highest BCUT2D eigenvalue weighted by atomic mass is 79.9. The predicted molar refractivity (Wildman–Crippen MR) is 113 cm³/mol. The minimum Gasteiger partial charge on any atom is -0.496 e. The minimum atomic E-state index is -0.392. The summed E-state index contributed by atoms with van der Waals surface area (Å²) in [6.07, 6.45) is 1.56. The number of esters is 1. The molecule has 0 bridgehead atoms. The van der Waals surface area contributed by atoms with Gasteiger partial charge in [0.1, 0.15) is 17.1 Å². The van der Waals surface area contributed by atoms with Gasteiger partial charge in [-0.15, -0.1) is 11.3 Å². The maximum atomic E-state index is 13.2. The first-order valence-electron chi connectivity index (χ1n) is 9.32. The van der Waals surface area contributed by atoms with Crippen LogP contribution in [-0.4, -0.2) is 55.7 Å². The molecule has 0 N–H and O–H groups in total. The number of ether oxygens (including phenoxy) is 3. The van der Waals surface area contributed by atoms with Crippen LogP contribution in [0.3, 0.4) is 0 Å². The lowest BCUT2D eigenvalue weighted by Gasteiger charge is -2.32. The van der Waals surface area contributed by atoms with Gasteiger partial charge in [0.15, 0.2) is 5.69 Å². The Balaban J connectivity index is 1.71. The summed E-state index contributed by atoms with van der Waals surface area (Å²) in [4.78, 5) is 31.3. The highest BCUT2D eigenvalue weighted by Gasteiger charge is 2.30. The average molecular weight is 483 g/mol. The Morgan fingerprint density at radius 1 is 1.24 bits per heavy atom. The fourth-order valence-electron chi connectivity index (χ4n) is 3.37. The molecule has 0 atom stereocenters. The number of nitrogens with zero attached hydrogens (tertiary/aromatic N) is 2. The summed E-state index contributed by atoms with van der Waals surface area (Å²) in [5.74, 6) is 0.659. The van der Waals surface area contributed by atoms with Gasteiger partial charge in [-0.3, -0.25) is 4.79 Å². The normalized spacial score (nSPS) is 14.6. The maximum Gasteiger partial charge on any atom is 0.357 e. The van der Waals surface area contributed by atoms with Crippen molar-refractivity contribution in [1.29, 1.82) is 0 Å². The number of hydrogen-bond acceptors (Lipinski definition) is 7. The number of carbonyl (C=O) groups is 2. The van der Waals surface area contributed by atoms with Gasteiger partial charge < -0.3 is 19.1 Å². The van der Waals surface area contributed by atoms with Gasteiger partial charge in [-0.25, -0.2) is 9.78 Å². The van der Waals surface area contributed by atoms with Crippen molar-refractivity contribution < 1.29 is 23.8 Å². The predicted octanol–water partition coefficient (Wildman–Crippen LogP) is 4.12. The van der Waals surface area contributed by atoms with Crippen molar-refractivity contribution in [2.24, 2.45) is 0 Å².